The van der Waals surface area contributed by atoms with Crippen molar-refractivity contribution in [3.8, 4) is 0 Å². The van der Waals surface area contributed by atoms with E-state index in [9.17, 15) is 4.79 Å². The van der Waals surface area contributed by atoms with Crippen molar-refractivity contribution in [2.24, 2.45) is 11.7 Å². The molecule has 1 rings (SSSR count). The summed E-state index contributed by atoms with van der Waals surface area (Å²) in [5.74, 6) is -0.862. The zero-order valence-corrected chi connectivity index (χ0v) is 5.92. The third-order valence-corrected chi connectivity index (χ3v) is 2.06. The van der Waals surface area contributed by atoms with Gasteiger partial charge in [-0.05, 0) is 19.3 Å². The summed E-state index contributed by atoms with van der Waals surface area (Å²) < 4.78 is 0. The molecule has 0 aromatic carbocycles. The van der Waals surface area contributed by atoms with Crippen LogP contribution in [0.15, 0.2) is 0 Å². The molecule has 1 saturated carbocycles. The van der Waals surface area contributed by atoms with Crippen LogP contribution in [0.2, 0.25) is 0 Å². The largest absolute Gasteiger partial charge is 0.481 e. The molecule has 0 aliphatic heterocycles. The van der Waals surface area contributed by atoms with E-state index < -0.39 is 5.97 Å². The van der Waals surface area contributed by atoms with Gasteiger partial charge >= 0.3 is 5.97 Å². The molecule has 1 aliphatic rings. The van der Waals surface area contributed by atoms with Crippen molar-refractivity contribution >= 4 is 5.97 Å². The second-order valence-corrected chi connectivity index (χ2v) is 2.96. The Labute approximate surface area is 60.2 Å². The lowest BCUT2D eigenvalue weighted by Crippen LogP contribution is -2.31. The molecule has 3 nitrogen and oxygen atoms in total. The highest BCUT2D eigenvalue weighted by atomic mass is 16.4. The predicted octanol–water partition coefficient (Wildman–Crippen LogP) is 0.588. The molecule has 0 saturated heterocycles. The smallest absolute Gasteiger partial charge is 0.306 e. The maximum absolute atomic E-state index is 10.4. The van der Waals surface area contributed by atoms with E-state index in [-0.39, 0.29) is 12.0 Å². The fourth-order valence-corrected chi connectivity index (χ4v) is 1.45. The monoisotopic (exact) mass is 143 g/mol. The molecule has 0 aromatic heterocycles. The maximum atomic E-state index is 10.4. The van der Waals surface area contributed by atoms with E-state index in [1.165, 1.54) is 0 Å². The molecule has 0 aromatic rings. The van der Waals surface area contributed by atoms with Gasteiger partial charge < -0.3 is 10.8 Å². The number of aliphatic carboxylic acids is 1. The normalized spacial score (nSPS) is 33.7. The van der Waals surface area contributed by atoms with Crippen LogP contribution in [0, 0.1) is 5.92 Å². The number of nitrogens with two attached hydrogens (primary N) is 1. The van der Waals surface area contributed by atoms with E-state index in [0.29, 0.717) is 6.42 Å². The lowest BCUT2D eigenvalue weighted by atomic mass is 9.86. The van der Waals surface area contributed by atoms with Gasteiger partial charge in [-0.3, -0.25) is 4.79 Å². The Kier molecular flexibility index (Phi) is 2.27. The van der Waals surface area contributed by atoms with Gasteiger partial charge in [-0.25, -0.2) is 0 Å². The molecule has 0 amide bonds. The van der Waals surface area contributed by atoms with Gasteiger partial charge in [-0.15, -0.1) is 0 Å². The van der Waals surface area contributed by atoms with E-state index in [0.717, 1.165) is 19.3 Å². The van der Waals surface area contributed by atoms with Crippen molar-refractivity contribution in [1.29, 1.82) is 0 Å². The van der Waals surface area contributed by atoms with Gasteiger partial charge in [0.1, 0.15) is 0 Å². The molecule has 1 fully saturated rings. The summed E-state index contributed by atoms with van der Waals surface area (Å²) in [6, 6.07) is 0.120. The minimum Gasteiger partial charge on any atom is -0.481 e. The minimum atomic E-state index is -0.685. The summed E-state index contributed by atoms with van der Waals surface area (Å²) >= 11 is 0. The summed E-state index contributed by atoms with van der Waals surface area (Å²) in [6.07, 6.45) is 3.43. The number of rotatable bonds is 1. The molecule has 0 bridgehead atoms. The standard InChI is InChI=1S/C7H13NO2/c8-6-3-1-2-5(4-6)7(9)10/h5-6H,1-4,8H2,(H,9,10)/t5-,6+/m1/s1. The second kappa shape index (κ2) is 3.01. The Hall–Kier alpha value is -0.570. The molecule has 3 N–H and O–H groups in total. The molecular formula is C7H13NO2. The van der Waals surface area contributed by atoms with Crippen LogP contribution < -0.4 is 5.73 Å². The van der Waals surface area contributed by atoms with Crippen LogP contribution >= 0.6 is 0 Å². The van der Waals surface area contributed by atoms with Crippen molar-refractivity contribution in [1.82, 2.24) is 0 Å². The van der Waals surface area contributed by atoms with Gasteiger partial charge in [0, 0.05) is 6.04 Å². The van der Waals surface area contributed by atoms with E-state index in [1.807, 2.05) is 0 Å². The first-order valence-corrected chi connectivity index (χ1v) is 3.68. The molecular weight excluding hydrogens is 130 g/mol. The summed E-state index contributed by atoms with van der Waals surface area (Å²) in [5.41, 5.74) is 5.60. The van der Waals surface area contributed by atoms with Crippen molar-refractivity contribution in [3.63, 3.8) is 0 Å². The van der Waals surface area contributed by atoms with Crippen LogP contribution in [-0.2, 0) is 4.79 Å². The molecule has 0 spiro atoms. The molecule has 10 heavy (non-hydrogen) atoms. The molecule has 3 heteroatoms. The molecule has 0 radical (unpaired) electrons. The van der Waals surface area contributed by atoms with Gasteiger partial charge in [-0.1, -0.05) is 6.42 Å². The lowest BCUT2D eigenvalue weighted by Gasteiger charge is -2.22. The van der Waals surface area contributed by atoms with Crippen LogP contribution in [0.3, 0.4) is 0 Å². The van der Waals surface area contributed by atoms with E-state index in [4.69, 9.17) is 10.8 Å². The van der Waals surface area contributed by atoms with Crippen molar-refractivity contribution < 1.29 is 9.90 Å². The van der Waals surface area contributed by atoms with Crippen LogP contribution in [0.5, 0.6) is 0 Å². The summed E-state index contributed by atoms with van der Waals surface area (Å²) in [7, 11) is 0. The first-order valence-electron chi connectivity index (χ1n) is 3.68. The van der Waals surface area contributed by atoms with Crippen LogP contribution in [0.25, 0.3) is 0 Å². The number of hydrogen-bond acceptors (Lipinski definition) is 2. The van der Waals surface area contributed by atoms with E-state index in [2.05, 4.69) is 0 Å². The number of carboxylic acid groups (broad SMARTS) is 1. The number of carboxylic acids is 1. The zero-order valence-electron chi connectivity index (χ0n) is 5.92. The predicted molar refractivity (Wildman–Crippen MR) is 37.6 cm³/mol. The van der Waals surface area contributed by atoms with Crippen molar-refractivity contribution in [3.05, 3.63) is 0 Å². The van der Waals surface area contributed by atoms with Crippen molar-refractivity contribution in [2.45, 2.75) is 31.7 Å². The Morgan fingerprint density at radius 1 is 1.50 bits per heavy atom. The lowest BCUT2D eigenvalue weighted by molar-refractivity contribution is -0.142. The van der Waals surface area contributed by atoms with Crippen LogP contribution in [0.1, 0.15) is 25.7 Å². The fourth-order valence-electron chi connectivity index (χ4n) is 1.45. The summed E-state index contributed by atoms with van der Waals surface area (Å²) in [6.45, 7) is 0. The molecule has 2 atom stereocenters. The van der Waals surface area contributed by atoms with E-state index >= 15 is 0 Å². The fraction of sp³-hybridized carbons (Fsp3) is 0.857. The second-order valence-electron chi connectivity index (χ2n) is 2.96. The van der Waals surface area contributed by atoms with E-state index in [1.54, 1.807) is 0 Å². The average Bonchev–Trinajstić information content (AvgIpc) is 1.88. The number of carbonyl (C=O) groups is 1. The number of hydrogen-bond donors (Lipinski definition) is 2. The topological polar surface area (TPSA) is 63.3 Å². The highest BCUT2D eigenvalue weighted by Crippen LogP contribution is 2.22. The zero-order chi connectivity index (χ0) is 7.56. The van der Waals surface area contributed by atoms with Crippen LogP contribution in [0.4, 0.5) is 0 Å². The van der Waals surface area contributed by atoms with Crippen molar-refractivity contribution in [2.75, 3.05) is 0 Å². The highest BCUT2D eigenvalue weighted by molar-refractivity contribution is 5.70. The minimum absolute atomic E-state index is 0.120. The Morgan fingerprint density at radius 3 is 2.60 bits per heavy atom. The molecule has 1 aliphatic carbocycles. The van der Waals surface area contributed by atoms with Crippen LogP contribution in [-0.4, -0.2) is 17.1 Å². The highest BCUT2D eigenvalue weighted by Gasteiger charge is 2.24. The third-order valence-electron chi connectivity index (χ3n) is 2.06. The third kappa shape index (κ3) is 1.70. The quantitative estimate of drug-likeness (QED) is 0.564. The van der Waals surface area contributed by atoms with Gasteiger partial charge in [0.05, 0.1) is 5.92 Å². The average molecular weight is 143 g/mol. The first kappa shape index (κ1) is 7.54. The Morgan fingerprint density at radius 2 is 2.20 bits per heavy atom. The molecule has 0 unspecified atom stereocenters. The molecule has 58 valence electrons. The Bertz CT molecular complexity index is 136. The van der Waals surface area contributed by atoms with Gasteiger partial charge in [-0.2, -0.15) is 0 Å². The van der Waals surface area contributed by atoms with Gasteiger partial charge in [0.25, 0.3) is 0 Å². The maximum Gasteiger partial charge on any atom is 0.306 e. The first-order chi connectivity index (χ1) is 4.70. The SMILES string of the molecule is N[C@H]1CCC[C@@H](C(=O)O)C1. The van der Waals surface area contributed by atoms with Gasteiger partial charge in [0.15, 0.2) is 0 Å². The summed E-state index contributed by atoms with van der Waals surface area (Å²) in [5, 5.41) is 8.60. The summed E-state index contributed by atoms with van der Waals surface area (Å²) in [4.78, 5) is 10.4. The Balaban J connectivity index is 2.39. The van der Waals surface area contributed by atoms with Gasteiger partial charge in [0.2, 0.25) is 0 Å². The molecule has 0 heterocycles.